The molecule has 0 saturated carbocycles. The molecule has 2 amide bonds. The Morgan fingerprint density at radius 3 is 2.32 bits per heavy atom. The molecule has 114 valence electrons. The van der Waals surface area contributed by atoms with Gasteiger partial charge in [0.2, 0.25) is 5.91 Å². The maximum atomic E-state index is 11.9. The van der Waals surface area contributed by atoms with Gasteiger partial charge >= 0.3 is 0 Å². The van der Waals surface area contributed by atoms with E-state index in [1.807, 2.05) is 0 Å². The fourth-order valence-electron chi connectivity index (χ4n) is 1.64. The standard InChI is InChI=1S/C15H11BrCl2N2O2/c16-10-3-1-9(2-4-10)15(22)19-8-14(21)20-11-5-6-12(17)13(18)7-11/h1-7H,8H2,(H,19,22)(H,20,21). The molecule has 0 aromatic heterocycles. The first-order valence-electron chi connectivity index (χ1n) is 6.24. The van der Waals surface area contributed by atoms with Gasteiger partial charge < -0.3 is 10.6 Å². The third kappa shape index (κ3) is 4.73. The van der Waals surface area contributed by atoms with Crippen LogP contribution in [0, 0.1) is 0 Å². The number of anilines is 1. The Morgan fingerprint density at radius 2 is 1.68 bits per heavy atom. The van der Waals surface area contributed by atoms with E-state index in [0.29, 0.717) is 21.3 Å². The van der Waals surface area contributed by atoms with Crippen LogP contribution in [0.25, 0.3) is 0 Å². The molecule has 7 heteroatoms. The minimum atomic E-state index is -0.358. The molecule has 0 aliphatic rings. The van der Waals surface area contributed by atoms with Gasteiger partial charge in [-0.15, -0.1) is 0 Å². The molecule has 0 unspecified atom stereocenters. The molecular formula is C15H11BrCl2N2O2. The van der Waals surface area contributed by atoms with Gasteiger partial charge in [0.25, 0.3) is 5.91 Å². The summed E-state index contributed by atoms with van der Waals surface area (Å²) in [6.45, 7) is -0.144. The van der Waals surface area contributed by atoms with Crippen molar-refractivity contribution in [3.8, 4) is 0 Å². The second-order valence-electron chi connectivity index (χ2n) is 4.37. The second-order valence-corrected chi connectivity index (χ2v) is 6.10. The Morgan fingerprint density at radius 1 is 1.00 bits per heavy atom. The van der Waals surface area contributed by atoms with Crippen molar-refractivity contribution < 1.29 is 9.59 Å². The summed E-state index contributed by atoms with van der Waals surface area (Å²) in [4.78, 5) is 23.7. The van der Waals surface area contributed by atoms with Crippen molar-refractivity contribution >= 4 is 56.6 Å². The first-order valence-corrected chi connectivity index (χ1v) is 7.79. The zero-order chi connectivity index (χ0) is 16.1. The van der Waals surface area contributed by atoms with E-state index in [9.17, 15) is 9.59 Å². The van der Waals surface area contributed by atoms with Crippen molar-refractivity contribution in [2.24, 2.45) is 0 Å². The zero-order valence-electron chi connectivity index (χ0n) is 11.2. The molecule has 0 atom stereocenters. The van der Waals surface area contributed by atoms with Crippen LogP contribution in [-0.2, 0) is 4.79 Å². The third-order valence-electron chi connectivity index (χ3n) is 2.72. The van der Waals surface area contributed by atoms with E-state index in [1.54, 1.807) is 42.5 Å². The van der Waals surface area contributed by atoms with Crippen LogP contribution in [-0.4, -0.2) is 18.4 Å². The van der Waals surface area contributed by atoms with Gasteiger partial charge in [0, 0.05) is 15.7 Å². The number of carbonyl (C=O) groups excluding carboxylic acids is 2. The van der Waals surface area contributed by atoms with E-state index in [1.165, 1.54) is 0 Å². The third-order valence-corrected chi connectivity index (χ3v) is 3.99. The van der Waals surface area contributed by atoms with Gasteiger partial charge in [-0.2, -0.15) is 0 Å². The van der Waals surface area contributed by atoms with Crippen molar-refractivity contribution in [1.82, 2.24) is 5.32 Å². The Hall–Kier alpha value is -1.56. The van der Waals surface area contributed by atoms with E-state index in [2.05, 4.69) is 26.6 Å². The van der Waals surface area contributed by atoms with Crippen LogP contribution in [0.2, 0.25) is 10.0 Å². The average molecular weight is 402 g/mol. The second kappa shape index (κ2) is 7.63. The number of carbonyl (C=O) groups is 2. The smallest absolute Gasteiger partial charge is 0.251 e. The number of halogens is 3. The zero-order valence-corrected chi connectivity index (χ0v) is 14.3. The molecule has 0 saturated heterocycles. The van der Waals surface area contributed by atoms with Gasteiger partial charge in [0.15, 0.2) is 0 Å². The van der Waals surface area contributed by atoms with Crippen molar-refractivity contribution in [3.05, 3.63) is 62.5 Å². The molecule has 2 rings (SSSR count). The van der Waals surface area contributed by atoms with Crippen LogP contribution in [0.4, 0.5) is 5.69 Å². The molecule has 2 aromatic carbocycles. The van der Waals surface area contributed by atoms with Gasteiger partial charge in [0.1, 0.15) is 0 Å². The fraction of sp³-hybridized carbons (Fsp3) is 0.0667. The first kappa shape index (κ1) is 16.8. The maximum Gasteiger partial charge on any atom is 0.251 e. The van der Waals surface area contributed by atoms with E-state index in [4.69, 9.17) is 23.2 Å². The van der Waals surface area contributed by atoms with Crippen LogP contribution in [0.1, 0.15) is 10.4 Å². The van der Waals surface area contributed by atoms with Crippen molar-refractivity contribution in [1.29, 1.82) is 0 Å². The quantitative estimate of drug-likeness (QED) is 0.809. The summed E-state index contributed by atoms with van der Waals surface area (Å²) >= 11 is 14.9. The van der Waals surface area contributed by atoms with Gasteiger partial charge in [-0.05, 0) is 42.5 Å². The normalized spacial score (nSPS) is 10.1. The Labute approximate surface area is 145 Å². The lowest BCUT2D eigenvalue weighted by Crippen LogP contribution is -2.32. The Bertz CT molecular complexity index is 705. The predicted octanol–water partition coefficient (Wildman–Crippen LogP) is 4.12. The predicted molar refractivity (Wildman–Crippen MR) is 91.6 cm³/mol. The Balaban J connectivity index is 1.88. The largest absolute Gasteiger partial charge is 0.343 e. The number of benzene rings is 2. The van der Waals surface area contributed by atoms with E-state index < -0.39 is 0 Å². The highest BCUT2D eigenvalue weighted by Gasteiger charge is 2.09. The Kier molecular flexibility index (Phi) is 5.83. The molecule has 22 heavy (non-hydrogen) atoms. The molecule has 4 nitrogen and oxygen atoms in total. The van der Waals surface area contributed by atoms with Crippen molar-refractivity contribution in [2.75, 3.05) is 11.9 Å². The van der Waals surface area contributed by atoms with Gasteiger partial charge in [-0.25, -0.2) is 0 Å². The number of rotatable bonds is 4. The van der Waals surface area contributed by atoms with Crippen LogP contribution >= 0.6 is 39.1 Å². The molecular weight excluding hydrogens is 391 g/mol. The lowest BCUT2D eigenvalue weighted by atomic mass is 10.2. The molecule has 2 aromatic rings. The first-order chi connectivity index (χ1) is 10.5. The van der Waals surface area contributed by atoms with Gasteiger partial charge in [-0.3, -0.25) is 9.59 Å². The summed E-state index contributed by atoms with van der Waals surface area (Å²) < 4.78 is 0.876. The molecule has 0 fully saturated rings. The van der Waals surface area contributed by atoms with Crippen molar-refractivity contribution in [2.45, 2.75) is 0 Å². The topological polar surface area (TPSA) is 58.2 Å². The molecule has 0 aliphatic carbocycles. The number of hydrogen-bond donors (Lipinski definition) is 2. The molecule has 0 radical (unpaired) electrons. The van der Waals surface area contributed by atoms with Crippen molar-refractivity contribution in [3.63, 3.8) is 0 Å². The molecule has 0 aliphatic heterocycles. The summed E-state index contributed by atoms with van der Waals surface area (Å²) in [5.41, 5.74) is 0.989. The molecule has 2 N–H and O–H groups in total. The minimum Gasteiger partial charge on any atom is -0.343 e. The molecule has 0 bridgehead atoms. The number of amides is 2. The van der Waals surface area contributed by atoms with E-state index in [-0.39, 0.29) is 18.4 Å². The average Bonchev–Trinajstić information content (AvgIpc) is 2.49. The summed E-state index contributed by atoms with van der Waals surface area (Å²) in [5, 5.41) is 5.91. The highest BCUT2D eigenvalue weighted by molar-refractivity contribution is 9.10. The summed E-state index contributed by atoms with van der Waals surface area (Å²) in [6.07, 6.45) is 0. The highest BCUT2D eigenvalue weighted by atomic mass is 79.9. The molecule has 0 spiro atoms. The monoisotopic (exact) mass is 400 g/mol. The van der Waals surface area contributed by atoms with Gasteiger partial charge in [-0.1, -0.05) is 39.1 Å². The minimum absolute atomic E-state index is 0.144. The number of hydrogen-bond acceptors (Lipinski definition) is 2. The van der Waals surface area contributed by atoms with Crippen LogP contribution in [0.3, 0.4) is 0 Å². The van der Waals surface area contributed by atoms with Crippen LogP contribution in [0.5, 0.6) is 0 Å². The lowest BCUT2D eigenvalue weighted by molar-refractivity contribution is -0.115. The van der Waals surface area contributed by atoms with E-state index >= 15 is 0 Å². The highest BCUT2D eigenvalue weighted by Crippen LogP contribution is 2.24. The SMILES string of the molecule is O=C(CNC(=O)c1ccc(Br)cc1)Nc1ccc(Cl)c(Cl)c1. The number of nitrogens with one attached hydrogen (secondary N) is 2. The van der Waals surface area contributed by atoms with Crippen LogP contribution < -0.4 is 10.6 Å². The van der Waals surface area contributed by atoms with E-state index in [0.717, 1.165) is 4.47 Å². The van der Waals surface area contributed by atoms with Gasteiger partial charge in [0.05, 0.1) is 16.6 Å². The summed E-state index contributed by atoms with van der Waals surface area (Å²) in [5.74, 6) is -0.680. The van der Waals surface area contributed by atoms with Crippen LogP contribution in [0.15, 0.2) is 46.9 Å². The summed E-state index contributed by atoms with van der Waals surface area (Å²) in [7, 11) is 0. The summed E-state index contributed by atoms with van der Waals surface area (Å²) in [6, 6.07) is 11.6. The lowest BCUT2D eigenvalue weighted by Gasteiger charge is -2.08. The fourth-order valence-corrected chi connectivity index (χ4v) is 2.21. The maximum absolute atomic E-state index is 11.9. The molecule has 0 heterocycles.